The average molecular weight is 364 g/mol. The van der Waals surface area contributed by atoms with Crippen LogP contribution in [0.4, 0.5) is 0 Å². The van der Waals surface area contributed by atoms with Gasteiger partial charge in [-0.05, 0) is 18.2 Å². The highest BCUT2D eigenvalue weighted by molar-refractivity contribution is 5.98. The van der Waals surface area contributed by atoms with E-state index in [-0.39, 0.29) is 5.91 Å². The van der Waals surface area contributed by atoms with Crippen LogP contribution in [0.5, 0.6) is 11.5 Å². The molecule has 3 rings (SSSR count). The molecule has 27 heavy (non-hydrogen) atoms. The molecule has 0 aliphatic heterocycles. The Balaban J connectivity index is 2.20. The van der Waals surface area contributed by atoms with Crippen molar-refractivity contribution >= 4 is 16.8 Å². The van der Waals surface area contributed by atoms with E-state index < -0.39 is 0 Å². The van der Waals surface area contributed by atoms with Gasteiger partial charge in [0.1, 0.15) is 11.5 Å². The first-order valence-electron chi connectivity index (χ1n) is 8.77. The smallest absolute Gasteiger partial charge is 0.217 e. The lowest BCUT2D eigenvalue weighted by molar-refractivity contribution is -0.119. The number of nitrogens with zero attached hydrogens (tertiary/aromatic N) is 1. The summed E-state index contributed by atoms with van der Waals surface area (Å²) in [5, 5.41) is 3.91. The molecule has 2 aromatic carbocycles. The fourth-order valence-corrected chi connectivity index (χ4v) is 3.30. The highest BCUT2D eigenvalue weighted by atomic mass is 16.5. The Morgan fingerprint density at radius 1 is 1.19 bits per heavy atom. The number of methoxy groups -OCH3 is 2. The van der Waals surface area contributed by atoms with E-state index in [1.807, 2.05) is 36.4 Å². The SMILES string of the molecule is C=CCn1cc(-c2cccc(CNC(C)=O)c2OC)c2cc(OC)ccc21. The second kappa shape index (κ2) is 7.99. The molecule has 5 heteroatoms. The molecule has 0 radical (unpaired) electrons. The molecule has 0 atom stereocenters. The van der Waals surface area contributed by atoms with Crippen LogP contribution in [0.1, 0.15) is 12.5 Å². The zero-order chi connectivity index (χ0) is 19.4. The number of hydrogen-bond acceptors (Lipinski definition) is 3. The topological polar surface area (TPSA) is 52.5 Å². The van der Waals surface area contributed by atoms with Crippen molar-refractivity contribution < 1.29 is 14.3 Å². The number of amides is 1. The maximum absolute atomic E-state index is 11.3. The van der Waals surface area contributed by atoms with Gasteiger partial charge in [0.05, 0.1) is 14.2 Å². The van der Waals surface area contributed by atoms with Crippen molar-refractivity contribution in [1.29, 1.82) is 0 Å². The molecule has 3 aromatic rings. The van der Waals surface area contributed by atoms with Crippen LogP contribution in [0, 0.1) is 0 Å². The second-order valence-electron chi connectivity index (χ2n) is 6.27. The third kappa shape index (κ3) is 3.67. The van der Waals surface area contributed by atoms with Gasteiger partial charge in [-0.15, -0.1) is 6.58 Å². The van der Waals surface area contributed by atoms with E-state index in [0.29, 0.717) is 13.1 Å². The van der Waals surface area contributed by atoms with Gasteiger partial charge in [-0.2, -0.15) is 0 Å². The van der Waals surface area contributed by atoms with Crippen molar-refractivity contribution in [2.75, 3.05) is 14.2 Å². The van der Waals surface area contributed by atoms with E-state index in [1.54, 1.807) is 14.2 Å². The maximum atomic E-state index is 11.3. The summed E-state index contributed by atoms with van der Waals surface area (Å²) in [7, 11) is 3.32. The third-order valence-corrected chi connectivity index (χ3v) is 4.53. The average Bonchev–Trinajstić information content (AvgIpc) is 3.03. The molecule has 0 aliphatic carbocycles. The van der Waals surface area contributed by atoms with Gasteiger partial charge < -0.3 is 19.4 Å². The molecule has 5 nitrogen and oxygen atoms in total. The fourth-order valence-electron chi connectivity index (χ4n) is 3.30. The van der Waals surface area contributed by atoms with E-state index in [2.05, 4.69) is 28.7 Å². The number of hydrogen-bond donors (Lipinski definition) is 1. The number of carbonyl (C=O) groups is 1. The molecular weight excluding hydrogens is 340 g/mol. The summed E-state index contributed by atoms with van der Waals surface area (Å²) in [6.45, 7) is 6.48. The number of benzene rings is 2. The van der Waals surface area contributed by atoms with Gasteiger partial charge in [-0.25, -0.2) is 0 Å². The minimum atomic E-state index is -0.0743. The number of carbonyl (C=O) groups excluding carboxylic acids is 1. The molecule has 0 bridgehead atoms. The quantitative estimate of drug-likeness (QED) is 0.641. The van der Waals surface area contributed by atoms with Crippen molar-refractivity contribution in [3.05, 3.63) is 60.8 Å². The Labute approximate surface area is 159 Å². The first-order valence-corrected chi connectivity index (χ1v) is 8.77. The molecule has 0 saturated carbocycles. The monoisotopic (exact) mass is 364 g/mol. The van der Waals surface area contributed by atoms with E-state index in [1.165, 1.54) is 6.92 Å². The lowest BCUT2D eigenvalue weighted by atomic mass is 10.0. The molecule has 0 aliphatic rings. The van der Waals surface area contributed by atoms with Crippen molar-refractivity contribution in [3.8, 4) is 22.6 Å². The maximum Gasteiger partial charge on any atom is 0.217 e. The predicted molar refractivity (Wildman–Crippen MR) is 108 cm³/mol. The Bertz CT molecular complexity index is 989. The number of fused-ring (bicyclic) bond motifs is 1. The minimum Gasteiger partial charge on any atom is -0.497 e. The summed E-state index contributed by atoms with van der Waals surface area (Å²) >= 11 is 0. The first kappa shape index (κ1) is 18.6. The third-order valence-electron chi connectivity index (χ3n) is 4.53. The summed E-state index contributed by atoms with van der Waals surface area (Å²) in [4.78, 5) is 11.3. The van der Waals surface area contributed by atoms with Crippen LogP contribution in [-0.2, 0) is 17.9 Å². The van der Waals surface area contributed by atoms with Crippen LogP contribution in [0.25, 0.3) is 22.0 Å². The Morgan fingerprint density at radius 3 is 2.67 bits per heavy atom. The second-order valence-corrected chi connectivity index (χ2v) is 6.27. The van der Waals surface area contributed by atoms with Gasteiger partial charge in [-0.3, -0.25) is 4.79 Å². The van der Waals surface area contributed by atoms with Crippen LogP contribution in [0.3, 0.4) is 0 Å². The normalized spacial score (nSPS) is 10.6. The largest absolute Gasteiger partial charge is 0.497 e. The molecule has 0 fully saturated rings. The number of aromatic nitrogens is 1. The Kier molecular flexibility index (Phi) is 5.50. The Hall–Kier alpha value is -3.21. The zero-order valence-electron chi connectivity index (χ0n) is 15.9. The van der Waals surface area contributed by atoms with Crippen molar-refractivity contribution in [2.45, 2.75) is 20.0 Å². The molecule has 0 unspecified atom stereocenters. The number of rotatable bonds is 7. The first-order chi connectivity index (χ1) is 13.1. The summed E-state index contributed by atoms with van der Waals surface area (Å²) in [5.41, 5.74) is 4.05. The number of para-hydroxylation sites is 1. The minimum absolute atomic E-state index is 0.0743. The van der Waals surface area contributed by atoms with Crippen LogP contribution >= 0.6 is 0 Å². The van der Waals surface area contributed by atoms with Crippen LogP contribution in [0.15, 0.2) is 55.3 Å². The van der Waals surface area contributed by atoms with Gasteiger partial charge in [0.15, 0.2) is 0 Å². The van der Waals surface area contributed by atoms with Crippen molar-refractivity contribution in [3.63, 3.8) is 0 Å². The fraction of sp³-hybridized carbons (Fsp3) is 0.227. The van der Waals surface area contributed by atoms with Gasteiger partial charge >= 0.3 is 0 Å². The molecule has 1 amide bonds. The summed E-state index contributed by atoms with van der Waals surface area (Å²) in [5.74, 6) is 1.48. The molecule has 1 heterocycles. The van der Waals surface area contributed by atoms with Crippen LogP contribution in [-0.4, -0.2) is 24.7 Å². The van der Waals surface area contributed by atoms with E-state index in [9.17, 15) is 4.79 Å². The molecule has 1 aromatic heterocycles. The molecular formula is C22H24N2O3. The van der Waals surface area contributed by atoms with Gasteiger partial charge in [0.2, 0.25) is 5.91 Å². The Morgan fingerprint density at radius 2 is 2.00 bits per heavy atom. The zero-order valence-corrected chi connectivity index (χ0v) is 15.9. The van der Waals surface area contributed by atoms with Crippen molar-refractivity contribution in [1.82, 2.24) is 9.88 Å². The highest BCUT2D eigenvalue weighted by Crippen LogP contribution is 2.39. The summed E-state index contributed by atoms with van der Waals surface area (Å²) < 4.78 is 13.3. The van der Waals surface area contributed by atoms with Crippen LogP contribution < -0.4 is 14.8 Å². The van der Waals surface area contributed by atoms with E-state index >= 15 is 0 Å². The van der Waals surface area contributed by atoms with Gasteiger partial charge in [-0.1, -0.05) is 24.3 Å². The molecule has 1 N–H and O–H groups in total. The lowest BCUT2D eigenvalue weighted by Crippen LogP contribution is -2.19. The lowest BCUT2D eigenvalue weighted by Gasteiger charge is -2.14. The standard InChI is InChI=1S/C22H24N2O3/c1-5-11-24-14-20(19-12-17(26-3)9-10-21(19)24)18-8-6-7-16(22(18)27-4)13-23-15(2)25/h5-10,12,14H,1,11,13H2,2-4H3,(H,23,25). The van der Waals surface area contributed by atoms with Crippen LogP contribution in [0.2, 0.25) is 0 Å². The number of ether oxygens (including phenoxy) is 2. The van der Waals surface area contributed by atoms with Crippen molar-refractivity contribution in [2.24, 2.45) is 0 Å². The molecule has 0 spiro atoms. The molecule has 0 saturated heterocycles. The van der Waals surface area contributed by atoms with E-state index in [0.717, 1.165) is 39.1 Å². The van der Waals surface area contributed by atoms with E-state index in [4.69, 9.17) is 9.47 Å². The number of nitrogens with one attached hydrogen (secondary N) is 1. The summed E-state index contributed by atoms with van der Waals surface area (Å²) in [6, 6.07) is 12.0. The number of allylic oxidation sites excluding steroid dienone is 1. The predicted octanol–water partition coefficient (Wildman–Crippen LogP) is 4.15. The van der Waals surface area contributed by atoms with Gasteiger partial charge in [0, 0.05) is 53.8 Å². The molecule has 140 valence electrons. The summed E-state index contributed by atoms with van der Waals surface area (Å²) in [6.07, 6.45) is 3.98. The van der Waals surface area contributed by atoms with Gasteiger partial charge in [0.25, 0.3) is 0 Å². The highest BCUT2D eigenvalue weighted by Gasteiger charge is 2.17.